The lowest BCUT2D eigenvalue weighted by molar-refractivity contribution is -0.127. The highest BCUT2D eigenvalue weighted by Crippen LogP contribution is 2.33. The minimum absolute atomic E-state index is 0.262. The lowest BCUT2D eigenvalue weighted by Crippen LogP contribution is -2.36. The molecular formula is C30H23IN2O5S. The largest absolute Gasteiger partial charge is 0.497 e. The van der Waals surface area contributed by atoms with Crippen molar-refractivity contribution in [2.45, 2.75) is 6.61 Å². The van der Waals surface area contributed by atoms with Gasteiger partial charge in [0, 0.05) is 5.69 Å². The smallest absolute Gasteiger partial charge is 0.294 e. The summed E-state index contributed by atoms with van der Waals surface area (Å²) in [5.74, 6) is 0.417. The molecule has 39 heavy (non-hydrogen) atoms. The van der Waals surface area contributed by atoms with Crippen LogP contribution in [0.4, 0.5) is 10.5 Å². The topological polar surface area (TPSA) is 84.9 Å². The van der Waals surface area contributed by atoms with Crippen molar-refractivity contribution in [2.24, 2.45) is 0 Å². The summed E-state index contributed by atoms with van der Waals surface area (Å²) in [6.45, 7) is 0.0603. The molecule has 3 amide bonds. The number of nitrogens with zero attached hydrogens (tertiary/aromatic N) is 1. The van der Waals surface area contributed by atoms with Gasteiger partial charge in [-0.1, -0.05) is 42.5 Å². The fraction of sp³-hybridized carbons (Fsp3) is 0.100. The molecule has 0 radical (unpaired) electrons. The van der Waals surface area contributed by atoms with Crippen LogP contribution in [0.1, 0.15) is 11.1 Å². The van der Waals surface area contributed by atoms with E-state index >= 15 is 0 Å². The van der Waals surface area contributed by atoms with Crippen LogP contribution >= 0.6 is 34.4 Å². The first kappa shape index (κ1) is 26.8. The van der Waals surface area contributed by atoms with E-state index in [-0.39, 0.29) is 11.4 Å². The van der Waals surface area contributed by atoms with Gasteiger partial charge in [0.2, 0.25) is 5.91 Å². The number of carbonyl (C=O) groups excluding carboxylic acids is 3. The van der Waals surface area contributed by atoms with E-state index in [2.05, 4.69) is 58.2 Å². The first-order valence-corrected chi connectivity index (χ1v) is 13.9. The molecule has 0 saturated carbocycles. The summed E-state index contributed by atoms with van der Waals surface area (Å²) in [4.78, 5) is 39.0. The molecule has 1 aliphatic heterocycles. The molecule has 1 saturated heterocycles. The highest BCUT2D eigenvalue weighted by Gasteiger charge is 2.36. The van der Waals surface area contributed by atoms with E-state index in [9.17, 15) is 14.4 Å². The molecule has 1 aliphatic rings. The first-order chi connectivity index (χ1) is 18.9. The number of hydrogen-bond donors (Lipinski definition) is 1. The maximum absolute atomic E-state index is 12.9. The van der Waals surface area contributed by atoms with Crippen LogP contribution in [0.2, 0.25) is 0 Å². The first-order valence-electron chi connectivity index (χ1n) is 12.0. The average molecular weight is 650 g/mol. The lowest BCUT2D eigenvalue weighted by Gasteiger charge is -2.12. The SMILES string of the molecule is COc1ccc(NC(=O)CN2C(=O)S/C(=C/c3ccc(OCc4ccc5ccccc5c4)c(I)c3)C2=O)cc1. The molecule has 196 valence electrons. The van der Waals surface area contributed by atoms with Gasteiger partial charge >= 0.3 is 0 Å². The minimum atomic E-state index is -0.499. The summed E-state index contributed by atoms with van der Waals surface area (Å²) in [6, 6.07) is 26.8. The van der Waals surface area contributed by atoms with Gasteiger partial charge in [-0.25, -0.2) is 0 Å². The predicted octanol–water partition coefficient (Wildman–Crippen LogP) is 6.71. The van der Waals surface area contributed by atoms with Crippen molar-refractivity contribution < 1.29 is 23.9 Å². The Labute approximate surface area is 243 Å². The van der Waals surface area contributed by atoms with Crippen LogP contribution < -0.4 is 14.8 Å². The number of methoxy groups -OCH3 is 1. The Hall–Kier alpha value is -3.83. The normalized spacial score (nSPS) is 14.2. The number of anilines is 1. The molecule has 9 heteroatoms. The molecule has 5 rings (SSSR count). The second-order valence-corrected chi connectivity index (χ2v) is 10.9. The Kier molecular flexibility index (Phi) is 8.18. The van der Waals surface area contributed by atoms with E-state index < -0.39 is 17.1 Å². The summed E-state index contributed by atoms with van der Waals surface area (Å²) in [5, 5.41) is 4.55. The van der Waals surface area contributed by atoms with Crippen LogP contribution in [0.3, 0.4) is 0 Å². The van der Waals surface area contributed by atoms with Crippen LogP contribution in [0.15, 0.2) is 89.8 Å². The molecule has 1 heterocycles. The van der Waals surface area contributed by atoms with E-state index in [0.29, 0.717) is 18.0 Å². The van der Waals surface area contributed by atoms with Gasteiger partial charge in [-0.15, -0.1) is 0 Å². The van der Waals surface area contributed by atoms with Crippen molar-refractivity contribution in [3.63, 3.8) is 0 Å². The van der Waals surface area contributed by atoms with E-state index in [1.807, 2.05) is 30.3 Å². The predicted molar refractivity (Wildman–Crippen MR) is 162 cm³/mol. The third-order valence-corrected chi connectivity index (χ3v) is 7.76. The van der Waals surface area contributed by atoms with Crippen molar-refractivity contribution in [3.05, 3.63) is 105 Å². The van der Waals surface area contributed by atoms with E-state index in [4.69, 9.17) is 9.47 Å². The van der Waals surface area contributed by atoms with Gasteiger partial charge in [0.25, 0.3) is 11.1 Å². The minimum Gasteiger partial charge on any atom is -0.497 e. The Morgan fingerprint density at radius 2 is 1.74 bits per heavy atom. The molecule has 1 N–H and O–H groups in total. The zero-order valence-corrected chi connectivity index (χ0v) is 23.8. The highest BCUT2D eigenvalue weighted by molar-refractivity contribution is 14.1. The van der Waals surface area contributed by atoms with Crippen molar-refractivity contribution >= 4 is 73.9 Å². The van der Waals surface area contributed by atoms with E-state index in [1.54, 1.807) is 37.5 Å². The summed E-state index contributed by atoms with van der Waals surface area (Å²) in [7, 11) is 1.55. The van der Waals surface area contributed by atoms with Gasteiger partial charge in [0.1, 0.15) is 24.7 Å². The fourth-order valence-corrected chi connectivity index (χ4v) is 5.55. The van der Waals surface area contributed by atoms with Gasteiger partial charge in [0.05, 0.1) is 15.6 Å². The van der Waals surface area contributed by atoms with E-state index in [0.717, 1.165) is 42.5 Å². The number of carbonyl (C=O) groups is 3. The summed E-state index contributed by atoms with van der Waals surface area (Å²) >= 11 is 3.01. The maximum Gasteiger partial charge on any atom is 0.294 e. The van der Waals surface area contributed by atoms with Gasteiger partial charge in [0.15, 0.2) is 0 Å². The third-order valence-electron chi connectivity index (χ3n) is 6.01. The molecular weight excluding hydrogens is 627 g/mol. The number of halogens is 1. The van der Waals surface area contributed by atoms with Crippen LogP contribution in [0.25, 0.3) is 16.8 Å². The zero-order chi connectivity index (χ0) is 27.4. The monoisotopic (exact) mass is 650 g/mol. The van der Waals surface area contributed by atoms with Crippen LogP contribution in [0, 0.1) is 3.57 Å². The highest BCUT2D eigenvalue weighted by atomic mass is 127. The number of ether oxygens (including phenoxy) is 2. The zero-order valence-electron chi connectivity index (χ0n) is 20.8. The van der Waals surface area contributed by atoms with Crippen molar-refractivity contribution in [1.29, 1.82) is 0 Å². The number of benzene rings is 4. The number of rotatable bonds is 8. The number of fused-ring (bicyclic) bond motifs is 1. The quantitative estimate of drug-likeness (QED) is 0.169. The summed E-state index contributed by atoms with van der Waals surface area (Å²) in [5.41, 5.74) is 2.37. The van der Waals surface area contributed by atoms with Gasteiger partial charge in [-0.3, -0.25) is 19.3 Å². The Bertz CT molecular complexity index is 1600. The van der Waals surface area contributed by atoms with Gasteiger partial charge in [-0.2, -0.15) is 0 Å². The summed E-state index contributed by atoms with van der Waals surface area (Å²) < 4.78 is 12.0. The second kappa shape index (κ2) is 11.9. The maximum atomic E-state index is 12.9. The molecule has 4 aromatic carbocycles. The standard InChI is InChI=1S/C30H23IN2O5S/c1-37-24-11-9-23(10-12-24)32-28(34)17-33-29(35)27(39-30(33)36)16-19-7-13-26(25(31)15-19)38-18-20-6-8-21-4-2-3-5-22(21)14-20/h2-16H,17-18H2,1H3,(H,32,34)/b27-16+. The number of nitrogens with one attached hydrogen (secondary N) is 1. The molecule has 1 fully saturated rings. The van der Waals surface area contributed by atoms with Crippen LogP contribution in [-0.2, 0) is 16.2 Å². The number of hydrogen-bond acceptors (Lipinski definition) is 6. The van der Waals surface area contributed by atoms with E-state index in [1.165, 1.54) is 5.39 Å². The van der Waals surface area contributed by atoms with Gasteiger partial charge in [-0.05, 0) is 105 Å². The average Bonchev–Trinajstić information content (AvgIpc) is 3.20. The molecule has 0 aliphatic carbocycles. The molecule has 0 unspecified atom stereocenters. The third kappa shape index (κ3) is 6.43. The van der Waals surface area contributed by atoms with Gasteiger partial charge < -0.3 is 14.8 Å². The molecule has 0 aromatic heterocycles. The molecule has 0 spiro atoms. The lowest BCUT2D eigenvalue weighted by atomic mass is 10.1. The van der Waals surface area contributed by atoms with Crippen molar-refractivity contribution in [2.75, 3.05) is 19.0 Å². The van der Waals surface area contributed by atoms with Crippen LogP contribution in [0.5, 0.6) is 11.5 Å². The Balaban J connectivity index is 1.21. The molecule has 4 aromatic rings. The number of amides is 3. The van der Waals surface area contributed by atoms with Crippen LogP contribution in [-0.4, -0.2) is 35.6 Å². The number of thioether (sulfide) groups is 1. The second-order valence-electron chi connectivity index (χ2n) is 8.70. The molecule has 7 nitrogen and oxygen atoms in total. The Morgan fingerprint density at radius 1 is 0.974 bits per heavy atom. The fourth-order valence-electron chi connectivity index (χ4n) is 4.02. The van der Waals surface area contributed by atoms with Crippen molar-refractivity contribution in [3.8, 4) is 11.5 Å². The number of imide groups is 1. The Morgan fingerprint density at radius 3 is 2.49 bits per heavy atom. The summed E-state index contributed by atoms with van der Waals surface area (Å²) in [6.07, 6.45) is 1.65. The molecule has 0 atom stereocenters. The van der Waals surface area contributed by atoms with Crippen molar-refractivity contribution in [1.82, 2.24) is 4.90 Å². The molecule has 0 bridgehead atoms.